The molecule has 2 nitrogen and oxygen atoms in total. The summed E-state index contributed by atoms with van der Waals surface area (Å²) in [7, 11) is 0. The summed E-state index contributed by atoms with van der Waals surface area (Å²) in [6.07, 6.45) is 2.02. The molecular weight excluding hydrogens is 260 g/mol. The highest BCUT2D eigenvalue weighted by Gasteiger charge is 2.10. The van der Waals surface area contributed by atoms with E-state index in [1.165, 1.54) is 0 Å². The summed E-state index contributed by atoms with van der Waals surface area (Å²) >= 11 is 0. The molecule has 0 saturated carbocycles. The summed E-state index contributed by atoms with van der Waals surface area (Å²) < 4.78 is 5.88. The van der Waals surface area contributed by atoms with Gasteiger partial charge in [-0.2, -0.15) is 0 Å². The van der Waals surface area contributed by atoms with Crippen molar-refractivity contribution in [3.63, 3.8) is 0 Å². The Hall–Kier alpha value is -2.09. The summed E-state index contributed by atoms with van der Waals surface area (Å²) in [6.45, 7) is 4.28. The summed E-state index contributed by atoms with van der Waals surface area (Å²) in [5, 5.41) is 0. The van der Waals surface area contributed by atoms with Crippen LogP contribution in [0.25, 0.3) is 0 Å². The predicted molar refractivity (Wildman–Crippen MR) is 85.7 cm³/mol. The highest BCUT2D eigenvalue weighted by Crippen LogP contribution is 2.25. The van der Waals surface area contributed by atoms with Gasteiger partial charge in [0.25, 0.3) is 0 Å². The quantitative estimate of drug-likeness (QED) is 0.712. The van der Waals surface area contributed by atoms with Gasteiger partial charge in [-0.3, -0.25) is 4.79 Å². The number of ketones is 1. The van der Waals surface area contributed by atoms with Crippen LogP contribution in [0.1, 0.15) is 32.3 Å². The molecule has 0 amide bonds. The Bertz CT molecular complexity index is 573. The summed E-state index contributed by atoms with van der Waals surface area (Å²) in [5.41, 5.74) is 0.954. The highest BCUT2D eigenvalue weighted by molar-refractivity contribution is 5.81. The standard InChI is InChI=1S/C19H22O2/c1-15(2)12-13-17(20)14-16-8-6-7-11-19(16)21-18-9-4-3-5-10-18/h3-11,15H,12-14H2,1-2H3. The fraction of sp³-hybridized carbons (Fsp3) is 0.316. The summed E-state index contributed by atoms with van der Waals surface area (Å²) in [4.78, 5) is 12.1. The van der Waals surface area contributed by atoms with Crippen LogP contribution in [0.5, 0.6) is 11.5 Å². The van der Waals surface area contributed by atoms with Crippen LogP contribution in [0, 0.1) is 5.92 Å². The third-order valence-corrected chi connectivity index (χ3v) is 3.33. The second-order valence-electron chi connectivity index (χ2n) is 5.67. The topological polar surface area (TPSA) is 26.3 Å². The van der Waals surface area contributed by atoms with Crippen LogP contribution in [0.2, 0.25) is 0 Å². The van der Waals surface area contributed by atoms with Crippen molar-refractivity contribution < 1.29 is 9.53 Å². The Morgan fingerprint density at radius 2 is 1.67 bits per heavy atom. The maximum atomic E-state index is 12.1. The first-order valence-corrected chi connectivity index (χ1v) is 7.47. The number of hydrogen-bond donors (Lipinski definition) is 0. The van der Waals surface area contributed by atoms with Gasteiger partial charge in [0.05, 0.1) is 0 Å². The van der Waals surface area contributed by atoms with Gasteiger partial charge in [0.15, 0.2) is 0 Å². The smallest absolute Gasteiger partial charge is 0.137 e. The molecule has 2 rings (SSSR count). The van der Waals surface area contributed by atoms with Gasteiger partial charge < -0.3 is 4.74 Å². The van der Waals surface area contributed by atoms with Crippen LogP contribution < -0.4 is 4.74 Å². The molecular formula is C19H22O2. The predicted octanol–water partition coefficient (Wildman–Crippen LogP) is 5.03. The zero-order valence-corrected chi connectivity index (χ0v) is 12.7. The number of carbonyl (C=O) groups is 1. The molecule has 0 atom stereocenters. The average Bonchev–Trinajstić information content (AvgIpc) is 2.48. The Balaban J connectivity index is 2.05. The molecule has 0 fully saturated rings. The first-order chi connectivity index (χ1) is 10.1. The minimum atomic E-state index is 0.271. The first-order valence-electron chi connectivity index (χ1n) is 7.47. The fourth-order valence-electron chi connectivity index (χ4n) is 2.12. The highest BCUT2D eigenvalue weighted by atomic mass is 16.5. The van der Waals surface area contributed by atoms with Crippen LogP contribution in [-0.2, 0) is 11.2 Å². The third kappa shape index (κ3) is 5.07. The molecule has 0 aliphatic carbocycles. The van der Waals surface area contributed by atoms with Gasteiger partial charge in [-0.05, 0) is 30.5 Å². The Morgan fingerprint density at radius 3 is 2.38 bits per heavy atom. The van der Waals surface area contributed by atoms with Crippen molar-refractivity contribution >= 4 is 5.78 Å². The average molecular weight is 282 g/mol. The molecule has 110 valence electrons. The van der Waals surface area contributed by atoms with E-state index in [-0.39, 0.29) is 5.78 Å². The van der Waals surface area contributed by atoms with E-state index in [0.717, 1.165) is 23.5 Å². The van der Waals surface area contributed by atoms with Gasteiger partial charge in [-0.15, -0.1) is 0 Å². The van der Waals surface area contributed by atoms with Crippen LogP contribution in [0.3, 0.4) is 0 Å². The van der Waals surface area contributed by atoms with Crippen molar-refractivity contribution in [3.8, 4) is 11.5 Å². The van der Waals surface area contributed by atoms with E-state index in [9.17, 15) is 4.79 Å². The fourth-order valence-corrected chi connectivity index (χ4v) is 2.12. The van der Waals surface area contributed by atoms with Crippen LogP contribution in [0.4, 0.5) is 0 Å². The SMILES string of the molecule is CC(C)CCC(=O)Cc1ccccc1Oc1ccccc1. The minimum absolute atomic E-state index is 0.271. The molecule has 0 aliphatic rings. The van der Waals surface area contributed by atoms with Crippen molar-refractivity contribution in [1.29, 1.82) is 0 Å². The molecule has 0 spiro atoms. The maximum Gasteiger partial charge on any atom is 0.137 e. The number of para-hydroxylation sites is 2. The second-order valence-corrected chi connectivity index (χ2v) is 5.67. The molecule has 0 unspecified atom stereocenters. The summed E-state index contributed by atoms with van der Waals surface area (Å²) in [6, 6.07) is 17.4. The molecule has 2 aromatic carbocycles. The van der Waals surface area contributed by atoms with Gasteiger partial charge in [0.2, 0.25) is 0 Å². The van der Waals surface area contributed by atoms with Gasteiger partial charge in [-0.25, -0.2) is 0 Å². The number of benzene rings is 2. The molecule has 0 N–H and O–H groups in total. The van der Waals surface area contributed by atoms with Crippen molar-refractivity contribution in [2.24, 2.45) is 5.92 Å². The van der Waals surface area contributed by atoms with Crippen LogP contribution in [0.15, 0.2) is 54.6 Å². The second kappa shape index (κ2) is 7.63. The number of Topliss-reactive ketones (excluding diaryl/α,β-unsaturated/α-hetero) is 1. The number of ether oxygens (including phenoxy) is 1. The van der Waals surface area contributed by atoms with Crippen molar-refractivity contribution in [1.82, 2.24) is 0 Å². The van der Waals surface area contributed by atoms with E-state index in [0.29, 0.717) is 18.8 Å². The Morgan fingerprint density at radius 1 is 1.00 bits per heavy atom. The molecule has 0 aliphatic heterocycles. The van der Waals surface area contributed by atoms with Crippen molar-refractivity contribution in [2.75, 3.05) is 0 Å². The molecule has 0 aromatic heterocycles. The van der Waals surface area contributed by atoms with Crippen molar-refractivity contribution in [3.05, 3.63) is 60.2 Å². The van der Waals surface area contributed by atoms with E-state index >= 15 is 0 Å². The number of rotatable bonds is 7. The normalized spacial score (nSPS) is 10.6. The van der Waals surface area contributed by atoms with Gasteiger partial charge >= 0.3 is 0 Å². The molecule has 0 radical (unpaired) electrons. The maximum absolute atomic E-state index is 12.1. The van der Waals surface area contributed by atoms with Gasteiger partial charge in [0, 0.05) is 18.4 Å². The third-order valence-electron chi connectivity index (χ3n) is 3.33. The van der Waals surface area contributed by atoms with Gasteiger partial charge in [-0.1, -0.05) is 50.2 Å². The number of carbonyl (C=O) groups excluding carboxylic acids is 1. The largest absolute Gasteiger partial charge is 0.457 e. The van der Waals surface area contributed by atoms with E-state index in [2.05, 4.69) is 13.8 Å². The lowest BCUT2D eigenvalue weighted by molar-refractivity contribution is -0.118. The molecule has 2 aromatic rings. The van der Waals surface area contributed by atoms with Crippen LogP contribution in [-0.4, -0.2) is 5.78 Å². The van der Waals surface area contributed by atoms with E-state index in [4.69, 9.17) is 4.74 Å². The first kappa shape index (κ1) is 15.3. The van der Waals surface area contributed by atoms with E-state index in [1.807, 2.05) is 54.6 Å². The molecule has 0 saturated heterocycles. The molecule has 21 heavy (non-hydrogen) atoms. The van der Waals surface area contributed by atoms with E-state index < -0.39 is 0 Å². The zero-order chi connectivity index (χ0) is 15.1. The molecule has 0 bridgehead atoms. The minimum Gasteiger partial charge on any atom is -0.457 e. The zero-order valence-electron chi connectivity index (χ0n) is 12.7. The summed E-state index contributed by atoms with van der Waals surface area (Å²) in [5.74, 6) is 2.39. The van der Waals surface area contributed by atoms with E-state index in [1.54, 1.807) is 0 Å². The Labute approximate surface area is 126 Å². The van der Waals surface area contributed by atoms with Gasteiger partial charge in [0.1, 0.15) is 17.3 Å². The number of hydrogen-bond acceptors (Lipinski definition) is 2. The lowest BCUT2D eigenvalue weighted by Gasteiger charge is -2.11. The Kier molecular flexibility index (Phi) is 5.56. The monoisotopic (exact) mass is 282 g/mol. The van der Waals surface area contributed by atoms with Crippen LogP contribution >= 0.6 is 0 Å². The lowest BCUT2D eigenvalue weighted by Crippen LogP contribution is -2.05. The molecule has 2 heteroatoms. The lowest BCUT2D eigenvalue weighted by atomic mass is 10.0. The van der Waals surface area contributed by atoms with Crippen molar-refractivity contribution in [2.45, 2.75) is 33.1 Å². The molecule has 0 heterocycles.